The third-order valence-corrected chi connectivity index (χ3v) is 4.11. The van der Waals surface area contributed by atoms with Crippen molar-refractivity contribution in [1.82, 2.24) is 10.4 Å². The second-order valence-electron chi connectivity index (χ2n) is 5.90. The van der Waals surface area contributed by atoms with Crippen molar-refractivity contribution in [3.8, 4) is 0 Å². The molecule has 7 heteroatoms. The molecule has 1 heterocycles. The number of fused-ring (bicyclic) bond motifs is 1. The molecule has 3 rings (SSSR count). The fourth-order valence-electron chi connectivity index (χ4n) is 2.52. The van der Waals surface area contributed by atoms with Gasteiger partial charge in [-0.3, -0.25) is 14.4 Å². The quantitative estimate of drug-likeness (QED) is 0.847. The van der Waals surface area contributed by atoms with E-state index in [0.29, 0.717) is 10.6 Å². The highest BCUT2D eigenvalue weighted by atomic mass is 16.7. The van der Waals surface area contributed by atoms with Crippen molar-refractivity contribution in [2.45, 2.75) is 13.8 Å². The topological polar surface area (TPSA) is 92.8 Å². The Morgan fingerprint density at radius 3 is 2.15 bits per heavy atom. The monoisotopic (exact) mass is 352 g/mol. The minimum atomic E-state index is -0.920. The molecule has 2 aromatic rings. The molecule has 1 aliphatic heterocycles. The summed E-state index contributed by atoms with van der Waals surface area (Å²) in [6.45, 7) is 3.33. The molecule has 132 valence electrons. The van der Waals surface area contributed by atoms with Gasteiger partial charge in [0.2, 0.25) is 0 Å². The van der Waals surface area contributed by atoms with E-state index in [9.17, 15) is 19.2 Å². The standard InChI is InChI=1S/C19H16N2O5/c1-11-7-8-13(9-12(11)2)17(23)20-10-16(22)26-21-18(24)14-5-3-4-6-15(14)19(21)25/h3-9H,10H2,1-2H3,(H,20,23). The summed E-state index contributed by atoms with van der Waals surface area (Å²) in [6.07, 6.45) is 0. The number of hydroxylamine groups is 2. The number of benzene rings is 2. The first-order valence-corrected chi connectivity index (χ1v) is 7.92. The van der Waals surface area contributed by atoms with E-state index in [1.165, 1.54) is 12.1 Å². The molecule has 3 amide bonds. The number of carbonyl (C=O) groups is 4. The van der Waals surface area contributed by atoms with Gasteiger partial charge in [-0.1, -0.05) is 23.3 Å². The molecule has 2 aromatic carbocycles. The highest BCUT2D eigenvalue weighted by Crippen LogP contribution is 2.22. The molecule has 0 unspecified atom stereocenters. The van der Waals surface area contributed by atoms with E-state index >= 15 is 0 Å². The predicted octanol–water partition coefficient (Wildman–Crippen LogP) is 1.79. The Hall–Kier alpha value is -3.48. The van der Waals surface area contributed by atoms with Gasteiger partial charge >= 0.3 is 5.97 Å². The number of nitrogens with zero attached hydrogens (tertiary/aromatic N) is 1. The van der Waals surface area contributed by atoms with Crippen LogP contribution in [0.2, 0.25) is 0 Å². The van der Waals surface area contributed by atoms with Crippen LogP contribution in [0.1, 0.15) is 42.2 Å². The maximum atomic E-state index is 12.1. The normalized spacial score (nSPS) is 12.8. The highest BCUT2D eigenvalue weighted by Gasteiger charge is 2.38. The van der Waals surface area contributed by atoms with E-state index in [4.69, 9.17) is 4.84 Å². The SMILES string of the molecule is Cc1ccc(C(=O)NCC(=O)ON2C(=O)c3ccccc3C2=O)cc1C. The minimum absolute atomic E-state index is 0.171. The summed E-state index contributed by atoms with van der Waals surface area (Å²) in [7, 11) is 0. The predicted molar refractivity (Wildman–Crippen MR) is 91.3 cm³/mol. The highest BCUT2D eigenvalue weighted by molar-refractivity contribution is 6.20. The summed E-state index contributed by atoms with van der Waals surface area (Å²) < 4.78 is 0. The van der Waals surface area contributed by atoms with Gasteiger partial charge in [0.1, 0.15) is 6.54 Å². The van der Waals surface area contributed by atoms with Crippen LogP contribution in [0.3, 0.4) is 0 Å². The molecule has 0 atom stereocenters. The van der Waals surface area contributed by atoms with Crippen LogP contribution in [0, 0.1) is 13.8 Å². The molecule has 0 radical (unpaired) electrons. The van der Waals surface area contributed by atoms with Crippen molar-refractivity contribution < 1.29 is 24.0 Å². The summed E-state index contributed by atoms with van der Waals surface area (Å²) in [4.78, 5) is 53.1. The second kappa shape index (κ2) is 6.79. The van der Waals surface area contributed by atoms with Crippen molar-refractivity contribution in [3.63, 3.8) is 0 Å². The lowest BCUT2D eigenvalue weighted by Gasteiger charge is -2.13. The molecular formula is C19H16N2O5. The van der Waals surface area contributed by atoms with Crippen molar-refractivity contribution in [3.05, 3.63) is 70.3 Å². The molecule has 0 saturated carbocycles. The van der Waals surface area contributed by atoms with Gasteiger partial charge in [0.25, 0.3) is 17.7 Å². The molecule has 0 bridgehead atoms. The van der Waals surface area contributed by atoms with Gasteiger partial charge in [0, 0.05) is 5.56 Å². The fourth-order valence-corrected chi connectivity index (χ4v) is 2.52. The van der Waals surface area contributed by atoms with E-state index in [1.807, 2.05) is 13.8 Å². The average Bonchev–Trinajstić information content (AvgIpc) is 2.87. The zero-order chi connectivity index (χ0) is 18.8. The van der Waals surface area contributed by atoms with Crippen molar-refractivity contribution in [1.29, 1.82) is 0 Å². The van der Waals surface area contributed by atoms with Crippen LogP contribution in [-0.4, -0.2) is 35.3 Å². The Morgan fingerprint density at radius 2 is 1.58 bits per heavy atom. The molecule has 26 heavy (non-hydrogen) atoms. The lowest BCUT2D eigenvalue weighted by molar-refractivity contribution is -0.167. The molecule has 0 aliphatic carbocycles. The number of amides is 3. The molecule has 0 saturated heterocycles. The number of rotatable bonds is 4. The van der Waals surface area contributed by atoms with Crippen LogP contribution in [-0.2, 0) is 9.63 Å². The fraction of sp³-hybridized carbons (Fsp3) is 0.158. The lowest BCUT2D eigenvalue weighted by atomic mass is 10.1. The third kappa shape index (κ3) is 3.19. The van der Waals surface area contributed by atoms with E-state index in [0.717, 1.165) is 11.1 Å². The molecule has 0 spiro atoms. The first-order valence-electron chi connectivity index (χ1n) is 7.92. The maximum Gasteiger partial charge on any atom is 0.352 e. The van der Waals surface area contributed by atoms with Gasteiger partial charge in [-0.05, 0) is 49.2 Å². The Balaban J connectivity index is 1.60. The van der Waals surface area contributed by atoms with Crippen LogP contribution < -0.4 is 5.32 Å². The van der Waals surface area contributed by atoms with Crippen LogP contribution in [0.4, 0.5) is 0 Å². The summed E-state index contributed by atoms with van der Waals surface area (Å²) in [5.41, 5.74) is 2.74. The van der Waals surface area contributed by atoms with E-state index in [-0.39, 0.29) is 11.1 Å². The number of nitrogens with one attached hydrogen (secondary N) is 1. The Labute approximate surface area is 149 Å². The summed E-state index contributed by atoms with van der Waals surface area (Å²) in [6, 6.07) is 11.3. The van der Waals surface area contributed by atoms with Gasteiger partial charge in [0.05, 0.1) is 11.1 Å². The Morgan fingerprint density at radius 1 is 0.962 bits per heavy atom. The van der Waals surface area contributed by atoms with E-state index in [2.05, 4.69) is 5.32 Å². The van der Waals surface area contributed by atoms with Gasteiger partial charge in [-0.25, -0.2) is 4.79 Å². The zero-order valence-electron chi connectivity index (χ0n) is 14.2. The van der Waals surface area contributed by atoms with E-state index < -0.39 is 30.2 Å². The molecule has 7 nitrogen and oxygen atoms in total. The first kappa shape index (κ1) is 17.3. The molecule has 0 aromatic heterocycles. The van der Waals surface area contributed by atoms with Crippen LogP contribution in [0.25, 0.3) is 0 Å². The first-order chi connectivity index (χ1) is 12.4. The number of imide groups is 1. The zero-order valence-corrected chi connectivity index (χ0v) is 14.2. The number of hydrogen-bond donors (Lipinski definition) is 1. The number of carbonyl (C=O) groups excluding carboxylic acids is 4. The number of hydrogen-bond acceptors (Lipinski definition) is 5. The maximum absolute atomic E-state index is 12.1. The van der Waals surface area contributed by atoms with Crippen molar-refractivity contribution in [2.75, 3.05) is 6.54 Å². The van der Waals surface area contributed by atoms with Crippen molar-refractivity contribution >= 4 is 23.7 Å². The van der Waals surface area contributed by atoms with Gasteiger partial charge < -0.3 is 10.2 Å². The van der Waals surface area contributed by atoms with Crippen LogP contribution in [0.15, 0.2) is 42.5 Å². The Kier molecular flexibility index (Phi) is 4.53. The Bertz CT molecular complexity index is 900. The van der Waals surface area contributed by atoms with Gasteiger partial charge in [0.15, 0.2) is 0 Å². The third-order valence-electron chi connectivity index (χ3n) is 4.11. The van der Waals surface area contributed by atoms with Gasteiger partial charge in [-0.15, -0.1) is 0 Å². The smallest absolute Gasteiger partial charge is 0.341 e. The molecule has 1 aliphatic rings. The molecule has 1 N–H and O–H groups in total. The second-order valence-corrected chi connectivity index (χ2v) is 5.90. The van der Waals surface area contributed by atoms with Crippen molar-refractivity contribution in [2.24, 2.45) is 0 Å². The molecular weight excluding hydrogens is 336 g/mol. The van der Waals surface area contributed by atoms with E-state index in [1.54, 1.807) is 30.3 Å². The lowest BCUT2D eigenvalue weighted by Crippen LogP contribution is -2.38. The summed E-state index contributed by atoms with van der Waals surface area (Å²) >= 11 is 0. The minimum Gasteiger partial charge on any atom is -0.341 e. The average molecular weight is 352 g/mol. The largest absolute Gasteiger partial charge is 0.352 e. The van der Waals surface area contributed by atoms with Crippen LogP contribution >= 0.6 is 0 Å². The number of aryl methyl sites for hydroxylation is 2. The van der Waals surface area contributed by atoms with Crippen LogP contribution in [0.5, 0.6) is 0 Å². The molecule has 0 fully saturated rings. The van der Waals surface area contributed by atoms with Gasteiger partial charge in [-0.2, -0.15) is 0 Å². The summed E-state index contributed by atoms with van der Waals surface area (Å²) in [5, 5.41) is 2.82. The summed E-state index contributed by atoms with van der Waals surface area (Å²) in [5.74, 6) is -2.79.